The van der Waals surface area contributed by atoms with Gasteiger partial charge in [0.2, 0.25) is 0 Å². The monoisotopic (exact) mass is 333 g/mol. The number of benzene rings is 2. The number of rotatable bonds is 4. The van der Waals surface area contributed by atoms with Crippen LogP contribution >= 0.6 is 0 Å². The number of nitrogens with one attached hydrogen (secondary N) is 1. The van der Waals surface area contributed by atoms with Crippen LogP contribution in [0.3, 0.4) is 0 Å². The summed E-state index contributed by atoms with van der Waals surface area (Å²) in [6, 6.07) is 12.5. The maximum absolute atomic E-state index is 9.97. The van der Waals surface area contributed by atoms with Crippen molar-refractivity contribution in [3.63, 3.8) is 0 Å². The third-order valence-corrected chi connectivity index (χ3v) is 3.94. The SMILES string of the molecule is CC1=CC(Cc2ccc(C)c(Oc3cc(C#N)ccc3O)c2)=NNC1. The van der Waals surface area contributed by atoms with Gasteiger partial charge in [0.25, 0.3) is 0 Å². The Morgan fingerprint density at radius 1 is 1.20 bits per heavy atom. The molecule has 2 aromatic carbocycles. The molecule has 2 aromatic rings. The van der Waals surface area contributed by atoms with Crippen molar-refractivity contribution in [1.82, 2.24) is 5.43 Å². The topological polar surface area (TPSA) is 77.6 Å². The fourth-order valence-corrected chi connectivity index (χ4v) is 2.58. The average Bonchev–Trinajstić information content (AvgIpc) is 2.60. The standard InChI is InChI=1S/C20H19N3O2/c1-13-7-17(23-22-12-13)8-15-4-3-14(2)19(9-15)25-20-10-16(11-21)5-6-18(20)24/h3-7,9-10,22,24H,8,12H2,1-2H3. The largest absolute Gasteiger partial charge is 0.504 e. The first-order valence-corrected chi connectivity index (χ1v) is 8.02. The van der Waals surface area contributed by atoms with Crippen molar-refractivity contribution in [3.05, 3.63) is 64.7 Å². The quantitative estimate of drug-likeness (QED) is 0.892. The lowest BCUT2D eigenvalue weighted by Gasteiger charge is -2.14. The third kappa shape index (κ3) is 3.99. The number of hydrogen-bond donors (Lipinski definition) is 2. The minimum absolute atomic E-state index is 0.00298. The van der Waals surface area contributed by atoms with Crippen LogP contribution in [0.5, 0.6) is 17.2 Å². The van der Waals surface area contributed by atoms with E-state index in [2.05, 4.69) is 23.5 Å². The molecule has 0 unspecified atom stereocenters. The van der Waals surface area contributed by atoms with Gasteiger partial charge in [0.05, 0.1) is 23.9 Å². The molecule has 25 heavy (non-hydrogen) atoms. The highest BCUT2D eigenvalue weighted by atomic mass is 16.5. The van der Waals surface area contributed by atoms with Crippen LogP contribution in [-0.4, -0.2) is 17.4 Å². The van der Waals surface area contributed by atoms with E-state index in [4.69, 9.17) is 10.00 Å². The van der Waals surface area contributed by atoms with E-state index in [0.717, 1.165) is 23.4 Å². The predicted molar refractivity (Wildman–Crippen MR) is 97.0 cm³/mol. The zero-order chi connectivity index (χ0) is 17.8. The molecule has 1 heterocycles. The van der Waals surface area contributed by atoms with Gasteiger partial charge in [-0.2, -0.15) is 10.4 Å². The van der Waals surface area contributed by atoms with E-state index < -0.39 is 0 Å². The molecular weight excluding hydrogens is 314 g/mol. The molecule has 0 saturated carbocycles. The number of phenols is 1. The van der Waals surface area contributed by atoms with Crippen molar-refractivity contribution < 1.29 is 9.84 Å². The van der Waals surface area contributed by atoms with Crippen molar-refractivity contribution in [3.8, 4) is 23.3 Å². The van der Waals surface area contributed by atoms with Gasteiger partial charge in [-0.1, -0.05) is 17.7 Å². The summed E-state index contributed by atoms with van der Waals surface area (Å²) in [4.78, 5) is 0. The first-order chi connectivity index (χ1) is 12.0. The van der Waals surface area contributed by atoms with Gasteiger partial charge in [-0.15, -0.1) is 0 Å². The van der Waals surface area contributed by atoms with E-state index in [-0.39, 0.29) is 11.5 Å². The van der Waals surface area contributed by atoms with E-state index in [1.54, 1.807) is 6.07 Å². The summed E-state index contributed by atoms with van der Waals surface area (Å²) in [6.07, 6.45) is 2.77. The van der Waals surface area contributed by atoms with Gasteiger partial charge in [-0.3, -0.25) is 0 Å². The highest BCUT2D eigenvalue weighted by Crippen LogP contribution is 2.33. The minimum Gasteiger partial charge on any atom is -0.504 e. The summed E-state index contributed by atoms with van der Waals surface area (Å²) >= 11 is 0. The van der Waals surface area contributed by atoms with Crippen LogP contribution in [0.1, 0.15) is 23.6 Å². The minimum atomic E-state index is 0.00298. The molecular formula is C20H19N3O2. The van der Waals surface area contributed by atoms with Gasteiger partial charge in [0.1, 0.15) is 5.75 Å². The highest BCUT2D eigenvalue weighted by molar-refractivity contribution is 5.97. The molecule has 2 N–H and O–H groups in total. The molecule has 5 heteroatoms. The van der Waals surface area contributed by atoms with Crippen LogP contribution in [0, 0.1) is 18.3 Å². The first kappa shape index (κ1) is 16.6. The molecule has 0 aliphatic carbocycles. The van der Waals surface area contributed by atoms with Crippen LogP contribution in [0.25, 0.3) is 0 Å². The molecule has 0 fully saturated rings. The Morgan fingerprint density at radius 3 is 2.80 bits per heavy atom. The molecule has 1 aliphatic rings. The average molecular weight is 333 g/mol. The number of aromatic hydroxyl groups is 1. The number of hydrogen-bond acceptors (Lipinski definition) is 5. The fraction of sp³-hybridized carbons (Fsp3) is 0.200. The Morgan fingerprint density at radius 2 is 2.04 bits per heavy atom. The molecule has 0 atom stereocenters. The number of nitrogens with zero attached hydrogens (tertiary/aromatic N) is 2. The van der Waals surface area contributed by atoms with E-state index in [0.29, 0.717) is 17.7 Å². The van der Waals surface area contributed by atoms with Crippen LogP contribution in [0.4, 0.5) is 0 Å². The van der Waals surface area contributed by atoms with Crippen molar-refractivity contribution in [2.75, 3.05) is 6.54 Å². The van der Waals surface area contributed by atoms with Crippen LogP contribution in [0.15, 0.2) is 53.1 Å². The van der Waals surface area contributed by atoms with Gasteiger partial charge in [0.15, 0.2) is 11.5 Å². The third-order valence-electron chi connectivity index (χ3n) is 3.94. The molecule has 1 aliphatic heterocycles. The number of phenolic OH excluding ortho intramolecular Hbond substituents is 1. The van der Waals surface area contributed by atoms with Gasteiger partial charge in [-0.05, 0) is 49.2 Å². The Hall–Kier alpha value is -3.26. The van der Waals surface area contributed by atoms with Crippen LogP contribution in [-0.2, 0) is 6.42 Å². The van der Waals surface area contributed by atoms with E-state index in [1.807, 2.05) is 31.2 Å². The summed E-state index contributed by atoms with van der Waals surface area (Å²) in [5.74, 6) is 0.919. The molecule has 5 nitrogen and oxygen atoms in total. The zero-order valence-electron chi connectivity index (χ0n) is 14.2. The first-order valence-electron chi connectivity index (χ1n) is 8.02. The second kappa shape index (κ2) is 7.10. The molecule has 0 saturated heterocycles. The number of nitriles is 1. The second-order valence-corrected chi connectivity index (χ2v) is 6.10. The summed E-state index contributed by atoms with van der Waals surface area (Å²) in [5.41, 5.74) is 7.66. The summed E-state index contributed by atoms with van der Waals surface area (Å²) in [5, 5.41) is 23.3. The highest BCUT2D eigenvalue weighted by Gasteiger charge is 2.10. The van der Waals surface area contributed by atoms with Crippen LogP contribution in [0.2, 0.25) is 0 Å². The Kier molecular flexibility index (Phi) is 4.71. The smallest absolute Gasteiger partial charge is 0.170 e. The maximum Gasteiger partial charge on any atom is 0.170 e. The molecule has 126 valence electrons. The number of hydrazone groups is 1. The Bertz CT molecular complexity index is 908. The summed E-state index contributed by atoms with van der Waals surface area (Å²) < 4.78 is 5.86. The molecule has 3 rings (SSSR count). The van der Waals surface area contributed by atoms with Crippen molar-refractivity contribution >= 4 is 5.71 Å². The van der Waals surface area contributed by atoms with Gasteiger partial charge in [0, 0.05) is 12.5 Å². The van der Waals surface area contributed by atoms with Gasteiger partial charge < -0.3 is 15.3 Å². The lowest BCUT2D eigenvalue weighted by molar-refractivity contribution is 0.409. The van der Waals surface area contributed by atoms with Crippen molar-refractivity contribution in [2.24, 2.45) is 5.10 Å². The normalized spacial score (nSPS) is 13.3. The summed E-state index contributed by atoms with van der Waals surface area (Å²) in [6.45, 7) is 4.78. The van der Waals surface area contributed by atoms with E-state index in [1.165, 1.54) is 17.7 Å². The lowest BCUT2D eigenvalue weighted by atomic mass is 10.0. The van der Waals surface area contributed by atoms with Crippen molar-refractivity contribution in [2.45, 2.75) is 20.3 Å². The number of ether oxygens (including phenoxy) is 1. The predicted octanol–water partition coefficient (Wildman–Crippen LogP) is 3.81. The summed E-state index contributed by atoms with van der Waals surface area (Å²) in [7, 11) is 0. The van der Waals surface area contributed by atoms with E-state index in [9.17, 15) is 5.11 Å². The lowest BCUT2D eigenvalue weighted by Crippen LogP contribution is -2.19. The molecule has 0 spiro atoms. The molecule has 0 bridgehead atoms. The molecule has 0 amide bonds. The number of allylic oxidation sites excluding steroid dienone is 1. The van der Waals surface area contributed by atoms with Gasteiger partial charge >= 0.3 is 0 Å². The van der Waals surface area contributed by atoms with Crippen molar-refractivity contribution in [1.29, 1.82) is 5.26 Å². The molecule has 0 radical (unpaired) electrons. The maximum atomic E-state index is 9.97. The molecule has 0 aromatic heterocycles. The van der Waals surface area contributed by atoms with E-state index >= 15 is 0 Å². The Balaban J connectivity index is 1.85. The fourth-order valence-electron chi connectivity index (χ4n) is 2.58. The number of aryl methyl sites for hydroxylation is 1. The van der Waals surface area contributed by atoms with Gasteiger partial charge in [-0.25, -0.2) is 0 Å². The zero-order valence-corrected chi connectivity index (χ0v) is 14.2. The van der Waals surface area contributed by atoms with Crippen LogP contribution < -0.4 is 10.2 Å². The Labute approximate surface area is 146 Å². The second-order valence-electron chi connectivity index (χ2n) is 6.10.